The zero-order chi connectivity index (χ0) is 23.9. The summed E-state index contributed by atoms with van der Waals surface area (Å²) in [7, 11) is 0. The van der Waals surface area contributed by atoms with Gasteiger partial charge in [0, 0.05) is 11.3 Å². The van der Waals surface area contributed by atoms with Gasteiger partial charge in [-0.05, 0) is 42.8 Å². The summed E-state index contributed by atoms with van der Waals surface area (Å²) in [6.07, 6.45) is -4.68. The highest BCUT2D eigenvalue weighted by atomic mass is 19.4. The van der Waals surface area contributed by atoms with Crippen molar-refractivity contribution in [2.45, 2.75) is 19.1 Å². The Labute approximate surface area is 186 Å². The van der Waals surface area contributed by atoms with Crippen molar-refractivity contribution in [3.8, 4) is 0 Å². The van der Waals surface area contributed by atoms with E-state index >= 15 is 0 Å². The minimum atomic E-state index is -4.68. The molecule has 8 heteroatoms. The molecule has 33 heavy (non-hydrogen) atoms. The van der Waals surface area contributed by atoms with Crippen LogP contribution < -0.4 is 4.90 Å². The lowest BCUT2D eigenvalue weighted by molar-refractivity contribution is -0.137. The fourth-order valence-corrected chi connectivity index (χ4v) is 3.79. The number of amides is 1. The van der Waals surface area contributed by atoms with E-state index in [1.807, 2.05) is 6.92 Å². The van der Waals surface area contributed by atoms with Gasteiger partial charge in [0.05, 0.1) is 17.2 Å². The lowest BCUT2D eigenvalue weighted by Gasteiger charge is -2.26. The number of nitrogens with zero attached hydrogens (tertiary/aromatic N) is 1. The van der Waals surface area contributed by atoms with Crippen LogP contribution in [-0.4, -0.2) is 16.8 Å². The van der Waals surface area contributed by atoms with Crippen LogP contribution in [0.15, 0.2) is 78.4 Å². The summed E-state index contributed by atoms with van der Waals surface area (Å²) in [5.41, 5.74) is -0.309. The Hall–Kier alpha value is -3.94. The third-order valence-corrected chi connectivity index (χ3v) is 5.39. The van der Waals surface area contributed by atoms with Crippen LogP contribution in [0.1, 0.15) is 28.3 Å². The van der Waals surface area contributed by atoms with E-state index in [1.165, 1.54) is 18.2 Å². The first-order valence-electron chi connectivity index (χ1n) is 9.88. The topological polar surface area (TPSA) is 57.6 Å². The van der Waals surface area contributed by atoms with Crippen molar-refractivity contribution in [3.05, 3.63) is 106 Å². The molecule has 1 saturated heterocycles. The number of aliphatic hydroxyl groups is 1. The van der Waals surface area contributed by atoms with Crippen LogP contribution in [0.25, 0.3) is 5.76 Å². The molecule has 0 bridgehead atoms. The molecule has 4 rings (SSSR count). The van der Waals surface area contributed by atoms with Gasteiger partial charge < -0.3 is 5.11 Å². The van der Waals surface area contributed by atoms with Gasteiger partial charge in [-0.15, -0.1) is 0 Å². The Morgan fingerprint density at radius 1 is 0.939 bits per heavy atom. The molecular formula is C25H17F4NO3. The standard InChI is InChI=1S/C25H17F4NO3/c1-14-8-10-15(11-9-14)22(31)20-21(16-4-2-6-18(26)12-16)30(24(33)23(20)32)19-7-3-5-17(13-19)25(27,28)29/h2-13,21,31H,1H3/t21-/m0/s1. The molecule has 1 fully saturated rings. The fourth-order valence-electron chi connectivity index (χ4n) is 3.79. The van der Waals surface area contributed by atoms with Crippen molar-refractivity contribution in [1.82, 2.24) is 0 Å². The summed E-state index contributed by atoms with van der Waals surface area (Å²) >= 11 is 0. The van der Waals surface area contributed by atoms with Crippen molar-refractivity contribution in [2.24, 2.45) is 0 Å². The number of rotatable bonds is 3. The predicted octanol–water partition coefficient (Wildman–Crippen LogP) is 5.78. The van der Waals surface area contributed by atoms with Crippen molar-refractivity contribution >= 4 is 23.1 Å². The Morgan fingerprint density at radius 2 is 1.61 bits per heavy atom. The quantitative estimate of drug-likeness (QED) is 0.236. The summed E-state index contributed by atoms with van der Waals surface area (Å²) in [6.45, 7) is 1.82. The van der Waals surface area contributed by atoms with Crippen LogP contribution in [0.2, 0.25) is 0 Å². The minimum Gasteiger partial charge on any atom is -0.507 e. The number of carbonyl (C=O) groups excluding carboxylic acids is 2. The van der Waals surface area contributed by atoms with Crippen LogP contribution >= 0.6 is 0 Å². The predicted molar refractivity (Wildman–Crippen MR) is 114 cm³/mol. The van der Waals surface area contributed by atoms with E-state index in [0.717, 1.165) is 40.8 Å². The minimum absolute atomic E-state index is 0.125. The molecular weight excluding hydrogens is 438 g/mol. The molecule has 4 nitrogen and oxygen atoms in total. The molecule has 0 spiro atoms. The first-order chi connectivity index (χ1) is 15.6. The van der Waals surface area contributed by atoms with Gasteiger partial charge in [-0.2, -0.15) is 13.2 Å². The monoisotopic (exact) mass is 455 g/mol. The van der Waals surface area contributed by atoms with E-state index < -0.39 is 41.0 Å². The zero-order valence-corrected chi connectivity index (χ0v) is 17.2. The van der Waals surface area contributed by atoms with E-state index in [0.29, 0.717) is 0 Å². The highest BCUT2D eigenvalue weighted by Crippen LogP contribution is 2.43. The van der Waals surface area contributed by atoms with Crippen molar-refractivity contribution < 1.29 is 32.3 Å². The van der Waals surface area contributed by atoms with E-state index in [9.17, 15) is 32.3 Å². The third-order valence-electron chi connectivity index (χ3n) is 5.39. The molecule has 1 aliphatic heterocycles. The molecule has 3 aromatic carbocycles. The molecule has 3 aromatic rings. The Morgan fingerprint density at radius 3 is 2.24 bits per heavy atom. The Balaban J connectivity index is 1.95. The number of anilines is 1. The van der Waals surface area contributed by atoms with Gasteiger partial charge in [-0.1, -0.05) is 48.0 Å². The summed E-state index contributed by atoms with van der Waals surface area (Å²) < 4.78 is 53.9. The number of benzene rings is 3. The van der Waals surface area contributed by atoms with Crippen LogP contribution in [-0.2, 0) is 15.8 Å². The van der Waals surface area contributed by atoms with Gasteiger partial charge in [0.25, 0.3) is 11.7 Å². The van der Waals surface area contributed by atoms with Gasteiger partial charge in [-0.25, -0.2) is 4.39 Å². The summed E-state index contributed by atoms with van der Waals surface area (Å²) in [4.78, 5) is 26.8. The van der Waals surface area contributed by atoms with E-state index in [-0.39, 0.29) is 22.4 Å². The molecule has 0 unspecified atom stereocenters. The normalized spacial score (nSPS) is 18.1. The third kappa shape index (κ3) is 4.11. The highest BCUT2D eigenvalue weighted by Gasteiger charge is 2.47. The first kappa shape index (κ1) is 22.3. The molecule has 0 aromatic heterocycles. The second kappa shape index (κ2) is 8.20. The molecule has 1 amide bonds. The smallest absolute Gasteiger partial charge is 0.416 e. The van der Waals surface area contributed by atoms with Crippen LogP contribution in [0.5, 0.6) is 0 Å². The second-order valence-corrected chi connectivity index (χ2v) is 7.64. The molecule has 0 radical (unpaired) electrons. The van der Waals surface area contributed by atoms with Crippen molar-refractivity contribution in [1.29, 1.82) is 0 Å². The maximum atomic E-state index is 14.0. The summed E-state index contributed by atoms with van der Waals surface area (Å²) in [5.74, 6) is -3.38. The fraction of sp³-hybridized carbons (Fsp3) is 0.120. The van der Waals surface area contributed by atoms with Gasteiger partial charge in [0.1, 0.15) is 11.6 Å². The number of hydrogen-bond acceptors (Lipinski definition) is 3. The van der Waals surface area contributed by atoms with Gasteiger partial charge in [0.2, 0.25) is 0 Å². The molecule has 1 heterocycles. The lowest BCUT2D eigenvalue weighted by atomic mass is 9.94. The average Bonchev–Trinajstić information content (AvgIpc) is 3.04. The maximum Gasteiger partial charge on any atom is 0.416 e. The molecule has 168 valence electrons. The van der Waals surface area contributed by atoms with Crippen molar-refractivity contribution in [2.75, 3.05) is 4.90 Å². The van der Waals surface area contributed by atoms with Crippen LogP contribution in [0.4, 0.5) is 23.2 Å². The van der Waals surface area contributed by atoms with E-state index in [1.54, 1.807) is 24.3 Å². The molecule has 1 atom stereocenters. The number of alkyl halides is 3. The van der Waals surface area contributed by atoms with Gasteiger partial charge in [-0.3, -0.25) is 14.5 Å². The number of aliphatic hydroxyl groups excluding tert-OH is 1. The zero-order valence-electron chi connectivity index (χ0n) is 17.2. The Kier molecular flexibility index (Phi) is 5.53. The largest absolute Gasteiger partial charge is 0.507 e. The lowest BCUT2D eigenvalue weighted by Crippen LogP contribution is -2.29. The van der Waals surface area contributed by atoms with Gasteiger partial charge >= 0.3 is 6.18 Å². The second-order valence-electron chi connectivity index (χ2n) is 7.64. The van der Waals surface area contributed by atoms with Crippen LogP contribution in [0.3, 0.4) is 0 Å². The summed E-state index contributed by atoms with van der Waals surface area (Å²) in [5, 5.41) is 11.0. The summed E-state index contributed by atoms with van der Waals surface area (Å²) in [6, 6.07) is 14.1. The van der Waals surface area contributed by atoms with E-state index in [2.05, 4.69) is 0 Å². The number of carbonyl (C=O) groups is 2. The molecule has 1 aliphatic rings. The molecule has 0 aliphatic carbocycles. The SMILES string of the molecule is Cc1ccc(C(O)=C2C(=O)C(=O)N(c3cccc(C(F)(F)F)c3)[C@H]2c2cccc(F)c2)cc1. The number of hydrogen-bond donors (Lipinski definition) is 1. The number of ketones is 1. The van der Waals surface area contributed by atoms with Crippen molar-refractivity contribution in [3.63, 3.8) is 0 Å². The number of halogens is 4. The first-order valence-corrected chi connectivity index (χ1v) is 9.88. The molecule has 1 N–H and O–H groups in total. The highest BCUT2D eigenvalue weighted by molar-refractivity contribution is 6.51. The maximum absolute atomic E-state index is 14.0. The average molecular weight is 455 g/mol. The number of Topliss-reactive ketones (excluding diaryl/α,β-unsaturated/α-hetero) is 1. The molecule has 0 saturated carbocycles. The Bertz CT molecular complexity index is 1280. The number of aryl methyl sites for hydroxylation is 1. The van der Waals surface area contributed by atoms with Gasteiger partial charge in [0.15, 0.2) is 0 Å². The van der Waals surface area contributed by atoms with Crippen LogP contribution in [0, 0.1) is 12.7 Å². The van der Waals surface area contributed by atoms with E-state index in [4.69, 9.17) is 0 Å².